The minimum absolute atomic E-state index is 0.0857. The Morgan fingerprint density at radius 1 is 1.19 bits per heavy atom. The summed E-state index contributed by atoms with van der Waals surface area (Å²) in [4.78, 5) is 25.9. The van der Waals surface area contributed by atoms with Crippen LogP contribution < -0.4 is 15.7 Å². The van der Waals surface area contributed by atoms with Crippen LogP contribution in [-0.4, -0.2) is 32.5 Å². The van der Waals surface area contributed by atoms with E-state index in [1.807, 2.05) is 0 Å². The first-order chi connectivity index (χ1) is 17.0. The van der Waals surface area contributed by atoms with Crippen LogP contribution in [0.2, 0.25) is 5.02 Å². The molecule has 0 fully saturated rings. The molecule has 192 valence electrons. The molecule has 2 aromatic carbocycles. The first kappa shape index (κ1) is 25.7. The number of aromatic nitrogens is 3. The van der Waals surface area contributed by atoms with E-state index in [1.165, 1.54) is 22.8 Å². The number of halogens is 6. The van der Waals surface area contributed by atoms with Gasteiger partial charge in [0.25, 0.3) is 12.3 Å². The lowest BCUT2D eigenvalue weighted by Gasteiger charge is -2.21. The number of amides is 1. The number of aryl methyl sites for hydroxylation is 1. The number of benzene rings is 2. The van der Waals surface area contributed by atoms with Gasteiger partial charge < -0.3 is 10.1 Å². The Morgan fingerprint density at radius 2 is 1.92 bits per heavy atom. The highest BCUT2D eigenvalue weighted by molar-refractivity contribution is 6.33. The molecule has 0 unspecified atom stereocenters. The first-order valence-corrected chi connectivity index (χ1v) is 11.3. The van der Waals surface area contributed by atoms with Gasteiger partial charge in [0, 0.05) is 30.3 Å². The number of carbonyl (C=O) groups is 1. The standard InChI is InChI=1S/C23H20ClF5N4O3/c1-12(23(27,28)29)36-18-11-17(33-22(35)32-9-5-4-8-19(32)31-33)15(24)10-14(18)21(34)30-16-7-3-2-6-13(16)20(25)26/h2-3,6-7,10-12,20H,4-5,8-9H2,1H3,(H,30,34)/t12-/m0/s1. The fraction of sp³-hybridized carbons (Fsp3) is 0.348. The Balaban J connectivity index is 1.79. The quantitative estimate of drug-likeness (QED) is 0.424. The predicted octanol–water partition coefficient (Wildman–Crippen LogP) is 5.54. The van der Waals surface area contributed by atoms with Crippen LogP contribution in [0, 0.1) is 0 Å². The number of nitrogens with one attached hydrogen (secondary N) is 1. The van der Waals surface area contributed by atoms with E-state index >= 15 is 0 Å². The molecule has 1 aliphatic heterocycles. The summed E-state index contributed by atoms with van der Waals surface area (Å²) in [7, 11) is 0. The third-order valence-corrected chi connectivity index (χ3v) is 6.00. The molecular weight excluding hydrogens is 511 g/mol. The van der Waals surface area contributed by atoms with Crippen LogP contribution in [0.4, 0.5) is 27.6 Å². The third-order valence-electron chi connectivity index (χ3n) is 5.70. The summed E-state index contributed by atoms with van der Waals surface area (Å²) in [6, 6.07) is 7.12. The van der Waals surface area contributed by atoms with E-state index in [-0.39, 0.29) is 16.4 Å². The van der Waals surface area contributed by atoms with Gasteiger partial charge in [0.1, 0.15) is 11.6 Å². The molecule has 3 aromatic rings. The number of alkyl halides is 5. The highest BCUT2D eigenvalue weighted by Crippen LogP contribution is 2.34. The molecule has 0 bridgehead atoms. The summed E-state index contributed by atoms with van der Waals surface area (Å²) < 4.78 is 73.9. The van der Waals surface area contributed by atoms with E-state index in [4.69, 9.17) is 16.3 Å². The van der Waals surface area contributed by atoms with Crippen molar-refractivity contribution in [3.63, 3.8) is 0 Å². The van der Waals surface area contributed by atoms with Crippen LogP contribution >= 0.6 is 11.6 Å². The maximum Gasteiger partial charge on any atom is 0.425 e. The number of fused-ring (bicyclic) bond motifs is 1. The Morgan fingerprint density at radius 3 is 2.58 bits per heavy atom. The van der Waals surface area contributed by atoms with Crippen LogP contribution in [-0.2, 0) is 13.0 Å². The van der Waals surface area contributed by atoms with E-state index in [0.29, 0.717) is 18.8 Å². The van der Waals surface area contributed by atoms with Gasteiger partial charge in [-0.15, -0.1) is 5.10 Å². The topological polar surface area (TPSA) is 78.2 Å². The zero-order chi connectivity index (χ0) is 26.2. The Bertz CT molecular complexity index is 1350. The molecule has 0 spiro atoms. The molecule has 2 heterocycles. The number of ether oxygens (including phenoxy) is 1. The van der Waals surface area contributed by atoms with Crippen molar-refractivity contribution in [2.45, 2.75) is 51.4 Å². The molecule has 1 amide bonds. The molecule has 0 saturated carbocycles. The van der Waals surface area contributed by atoms with Crippen molar-refractivity contribution in [1.82, 2.24) is 14.3 Å². The molecule has 0 aliphatic carbocycles. The maximum absolute atomic E-state index is 13.3. The summed E-state index contributed by atoms with van der Waals surface area (Å²) in [5.74, 6) is -1.08. The van der Waals surface area contributed by atoms with Crippen molar-refractivity contribution in [2.75, 3.05) is 5.32 Å². The largest absolute Gasteiger partial charge is 0.480 e. The number of carbonyl (C=O) groups excluding carboxylic acids is 1. The van der Waals surface area contributed by atoms with Gasteiger partial charge in [0.2, 0.25) is 0 Å². The van der Waals surface area contributed by atoms with Crippen LogP contribution in [0.15, 0.2) is 41.2 Å². The van der Waals surface area contributed by atoms with Crippen molar-refractivity contribution in [1.29, 1.82) is 0 Å². The van der Waals surface area contributed by atoms with E-state index in [2.05, 4.69) is 10.4 Å². The second-order valence-corrected chi connectivity index (χ2v) is 8.57. The molecule has 0 radical (unpaired) electrons. The maximum atomic E-state index is 13.3. The number of rotatable bonds is 6. The molecule has 4 rings (SSSR count). The van der Waals surface area contributed by atoms with Crippen molar-refractivity contribution >= 4 is 23.2 Å². The van der Waals surface area contributed by atoms with Crippen LogP contribution in [0.25, 0.3) is 5.69 Å². The van der Waals surface area contributed by atoms with Crippen molar-refractivity contribution in [3.05, 3.63) is 68.9 Å². The van der Waals surface area contributed by atoms with Crippen molar-refractivity contribution in [3.8, 4) is 11.4 Å². The second kappa shape index (κ2) is 9.92. The normalized spacial score (nSPS) is 14.4. The monoisotopic (exact) mass is 530 g/mol. The fourth-order valence-corrected chi connectivity index (χ4v) is 4.03. The van der Waals surface area contributed by atoms with Gasteiger partial charge in [-0.3, -0.25) is 9.36 Å². The van der Waals surface area contributed by atoms with Crippen molar-refractivity contribution < 1.29 is 31.5 Å². The summed E-state index contributed by atoms with van der Waals surface area (Å²) in [5, 5.41) is 6.34. The first-order valence-electron chi connectivity index (χ1n) is 10.9. The zero-order valence-electron chi connectivity index (χ0n) is 18.8. The van der Waals surface area contributed by atoms with E-state index in [9.17, 15) is 31.5 Å². The highest BCUT2D eigenvalue weighted by atomic mass is 35.5. The Kier molecular flexibility index (Phi) is 7.07. The Labute approximate surface area is 206 Å². The van der Waals surface area contributed by atoms with Crippen LogP contribution in [0.5, 0.6) is 5.75 Å². The number of hydrogen-bond acceptors (Lipinski definition) is 4. The molecule has 0 saturated heterocycles. The van der Waals surface area contributed by atoms with Crippen molar-refractivity contribution in [2.24, 2.45) is 0 Å². The average molecular weight is 531 g/mol. The smallest absolute Gasteiger partial charge is 0.425 e. The number of anilines is 1. The number of nitrogens with zero attached hydrogens (tertiary/aromatic N) is 3. The lowest BCUT2D eigenvalue weighted by Crippen LogP contribution is -2.32. The average Bonchev–Trinajstić information content (AvgIpc) is 3.15. The van der Waals surface area contributed by atoms with Crippen LogP contribution in [0.3, 0.4) is 0 Å². The lowest BCUT2D eigenvalue weighted by molar-refractivity contribution is -0.189. The van der Waals surface area contributed by atoms with E-state index < -0.39 is 47.2 Å². The van der Waals surface area contributed by atoms with E-state index in [0.717, 1.165) is 42.6 Å². The summed E-state index contributed by atoms with van der Waals surface area (Å²) in [6.07, 6.45) is -7.90. The van der Waals surface area contributed by atoms with Gasteiger partial charge in [-0.25, -0.2) is 13.6 Å². The van der Waals surface area contributed by atoms with E-state index in [1.54, 1.807) is 0 Å². The van der Waals surface area contributed by atoms with Gasteiger partial charge in [0.15, 0.2) is 6.10 Å². The molecule has 36 heavy (non-hydrogen) atoms. The second-order valence-electron chi connectivity index (χ2n) is 8.16. The molecule has 1 N–H and O–H groups in total. The minimum atomic E-state index is -4.78. The fourth-order valence-electron chi connectivity index (χ4n) is 3.78. The number of para-hydroxylation sites is 1. The van der Waals surface area contributed by atoms with Gasteiger partial charge in [0.05, 0.1) is 16.3 Å². The predicted molar refractivity (Wildman–Crippen MR) is 121 cm³/mol. The van der Waals surface area contributed by atoms with Gasteiger partial charge in [-0.05, 0) is 31.9 Å². The van der Waals surface area contributed by atoms with Crippen LogP contribution in [0.1, 0.15) is 47.9 Å². The molecule has 1 aromatic heterocycles. The summed E-state index contributed by atoms with van der Waals surface area (Å²) >= 11 is 6.34. The highest BCUT2D eigenvalue weighted by Gasteiger charge is 2.39. The molecule has 1 aliphatic rings. The number of hydrogen-bond donors (Lipinski definition) is 1. The SMILES string of the molecule is C[C@H](Oc1cc(-n2nc3n(c2=O)CCCC3)c(Cl)cc1C(=O)Nc1ccccc1C(F)F)C(F)(F)F. The molecule has 1 atom stereocenters. The van der Waals surface area contributed by atoms with Gasteiger partial charge in [-0.2, -0.15) is 17.9 Å². The van der Waals surface area contributed by atoms with Gasteiger partial charge >= 0.3 is 11.9 Å². The van der Waals surface area contributed by atoms with Gasteiger partial charge in [-0.1, -0.05) is 29.8 Å². The molecule has 7 nitrogen and oxygen atoms in total. The summed E-state index contributed by atoms with van der Waals surface area (Å²) in [6.45, 7) is 1.17. The molecule has 13 heteroatoms. The zero-order valence-corrected chi connectivity index (χ0v) is 19.5. The molecular formula is C23H20ClF5N4O3. The Hall–Kier alpha value is -3.41. The minimum Gasteiger partial charge on any atom is -0.480 e. The summed E-state index contributed by atoms with van der Waals surface area (Å²) in [5.41, 5.74) is -1.77. The third kappa shape index (κ3) is 5.08. The lowest BCUT2D eigenvalue weighted by atomic mass is 10.1.